The molecule has 0 aromatic heterocycles. The summed E-state index contributed by atoms with van der Waals surface area (Å²) in [4.78, 5) is 13.4. The highest BCUT2D eigenvalue weighted by atomic mass is 16.5. The predicted octanol–water partition coefficient (Wildman–Crippen LogP) is 3.28. The topological polar surface area (TPSA) is 49.8 Å². The zero-order valence-electron chi connectivity index (χ0n) is 12.8. The van der Waals surface area contributed by atoms with E-state index in [9.17, 15) is 4.79 Å². The average Bonchev–Trinajstić information content (AvgIpc) is 2.69. The minimum atomic E-state index is -0.917. The molecule has 1 aromatic rings. The standard InChI is InChI=1S/C17H25NO3/c1-14-5-3-9-18(11-8-14)10-4-12-21-16-7-2-6-15(13-16)17(19)20/h2,6-7,13-14H,3-5,8-12H2,1H3,(H,19,20). The van der Waals surface area contributed by atoms with Gasteiger partial charge in [0, 0.05) is 6.54 Å². The molecule has 1 aromatic carbocycles. The second-order valence-corrected chi connectivity index (χ2v) is 5.91. The van der Waals surface area contributed by atoms with Gasteiger partial charge in [-0.25, -0.2) is 4.79 Å². The zero-order chi connectivity index (χ0) is 15.1. The Labute approximate surface area is 126 Å². The van der Waals surface area contributed by atoms with Crippen molar-refractivity contribution in [1.29, 1.82) is 0 Å². The van der Waals surface area contributed by atoms with Crippen LogP contribution in [0.4, 0.5) is 0 Å². The molecule has 21 heavy (non-hydrogen) atoms. The Kier molecular flexibility index (Phi) is 6.05. The quantitative estimate of drug-likeness (QED) is 0.817. The smallest absolute Gasteiger partial charge is 0.335 e. The first kappa shape index (κ1) is 15.8. The van der Waals surface area contributed by atoms with Crippen molar-refractivity contribution in [3.05, 3.63) is 29.8 Å². The molecule has 0 radical (unpaired) electrons. The van der Waals surface area contributed by atoms with E-state index in [1.807, 2.05) is 0 Å². The summed E-state index contributed by atoms with van der Waals surface area (Å²) < 4.78 is 5.65. The van der Waals surface area contributed by atoms with Crippen molar-refractivity contribution < 1.29 is 14.6 Å². The van der Waals surface area contributed by atoms with Crippen LogP contribution >= 0.6 is 0 Å². The fourth-order valence-corrected chi connectivity index (χ4v) is 2.74. The monoisotopic (exact) mass is 291 g/mol. The summed E-state index contributed by atoms with van der Waals surface area (Å²) in [6, 6.07) is 6.68. The molecule has 0 saturated carbocycles. The highest BCUT2D eigenvalue weighted by Crippen LogP contribution is 2.17. The van der Waals surface area contributed by atoms with Gasteiger partial charge in [-0.3, -0.25) is 0 Å². The third kappa shape index (κ3) is 5.38. The molecule has 1 aliphatic heterocycles. The van der Waals surface area contributed by atoms with Crippen LogP contribution in [0.5, 0.6) is 5.75 Å². The van der Waals surface area contributed by atoms with Gasteiger partial charge in [0.05, 0.1) is 12.2 Å². The molecule has 1 unspecified atom stereocenters. The number of aromatic carboxylic acids is 1. The third-order valence-electron chi connectivity index (χ3n) is 4.08. The molecule has 1 atom stereocenters. The molecule has 1 heterocycles. The lowest BCUT2D eigenvalue weighted by molar-refractivity contribution is 0.0696. The van der Waals surface area contributed by atoms with Crippen LogP contribution in [0.1, 0.15) is 43.0 Å². The SMILES string of the molecule is CC1CCCN(CCCOc2cccc(C(=O)O)c2)CC1. The number of ether oxygens (including phenoxy) is 1. The first-order chi connectivity index (χ1) is 10.1. The molecule has 0 aliphatic carbocycles. The van der Waals surface area contributed by atoms with Crippen molar-refractivity contribution in [1.82, 2.24) is 4.90 Å². The number of hydrogen-bond donors (Lipinski definition) is 1. The third-order valence-corrected chi connectivity index (χ3v) is 4.08. The summed E-state index contributed by atoms with van der Waals surface area (Å²) in [5.41, 5.74) is 0.272. The second-order valence-electron chi connectivity index (χ2n) is 5.91. The van der Waals surface area contributed by atoms with Crippen molar-refractivity contribution in [2.75, 3.05) is 26.2 Å². The van der Waals surface area contributed by atoms with Gasteiger partial charge in [0.25, 0.3) is 0 Å². The van der Waals surface area contributed by atoms with Crippen LogP contribution in [0.25, 0.3) is 0 Å². The van der Waals surface area contributed by atoms with E-state index in [0.717, 1.165) is 18.9 Å². The fraction of sp³-hybridized carbons (Fsp3) is 0.588. The zero-order valence-corrected chi connectivity index (χ0v) is 12.8. The van der Waals surface area contributed by atoms with Gasteiger partial charge in [0.2, 0.25) is 0 Å². The van der Waals surface area contributed by atoms with Gasteiger partial charge >= 0.3 is 5.97 Å². The van der Waals surface area contributed by atoms with Gasteiger partial charge in [-0.05, 0) is 62.9 Å². The Morgan fingerprint density at radius 1 is 1.38 bits per heavy atom. The second kappa shape index (κ2) is 8.03. The van der Waals surface area contributed by atoms with E-state index in [-0.39, 0.29) is 5.56 Å². The molecular weight excluding hydrogens is 266 g/mol. The van der Waals surface area contributed by atoms with E-state index in [4.69, 9.17) is 9.84 Å². The number of hydrogen-bond acceptors (Lipinski definition) is 3. The number of likely N-dealkylation sites (tertiary alicyclic amines) is 1. The summed E-state index contributed by atoms with van der Waals surface area (Å²) in [7, 11) is 0. The Balaban J connectivity index is 1.69. The highest BCUT2D eigenvalue weighted by Gasteiger charge is 2.13. The molecule has 0 spiro atoms. The van der Waals surface area contributed by atoms with Crippen molar-refractivity contribution in [2.24, 2.45) is 5.92 Å². The Hall–Kier alpha value is -1.55. The van der Waals surface area contributed by atoms with Gasteiger partial charge in [0.15, 0.2) is 0 Å². The van der Waals surface area contributed by atoms with Gasteiger partial charge in [-0.2, -0.15) is 0 Å². The summed E-state index contributed by atoms with van der Waals surface area (Å²) >= 11 is 0. The Bertz CT molecular complexity index is 461. The maximum absolute atomic E-state index is 10.9. The minimum absolute atomic E-state index is 0.272. The Morgan fingerprint density at radius 2 is 2.24 bits per heavy atom. The number of carboxylic acids is 1. The summed E-state index contributed by atoms with van der Waals surface area (Å²) in [5, 5.41) is 8.94. The number of benzene rings is 1. The van der Waals surface area contributed by atoms with Gasteiger partial charge < -0.3 is 14.7 Å². The van der Waals surface area contributed by atoms with Crippen LogP contribution in [0.3, 0.4) is 0 Å². The molecule has 0 bridgehead atoms. The summed E-state index contributed by atoms with van der Waals surface area (Å²) in [6.45, 7) is 6.41. The fourth-order valence-electron chi connectivity index (χ4n) is 2.74. The first-order valence-electron chi connectivity index (χ1n) is 7.83. The first-order valence-corrected chi connectivity index (χ1v) is 7.83. The van der Waals surface area contributed by atoms with Gasteiger partial charge in [-0.1, -0.05) is 13.0 Å². The number of rotatable bonds is 6. The number of carbonyl (C=O) groups is 1. The van der Waals surface area contributed by atoms with Gasteiger partial charge in [-0.15, -0.1) is 0 Å². The van der Waals surface area contributed by atoms with Crippen LogP contribution in [0.2, 0.25) is 0 Å². The predicted molar refractivity (Wildman–Crippen MR) is 83.0 cm³/mol. The van der Waals surface area contributed by atoms with E-state index in [2.05, 4.69) is 11.8 Å². The molecule has 4 heteroatoms. The molecule has 1 saturated heterocycles. The molecule has 1 fully saturated rings. The largest absolute Gasteiger partial charge is 0.494 e. The molecule has 116 valence electrons. The van der Waals surface area contributed by atoms with Crippen LogP contribution < -0.4 is 4.74 Å². The molecule has 2 rings (SSSR count). The number of carboxylic acid groups (broad SMARTS) is 1. The summed E-state index contributed by atoms with van der Waals surface area (Å²) in [6.07, 6.45) is 4.91. The van der Waals surface area contributed by atoms with Crippen LogP contribution in [-0.4, -0.2) is 42.2 Å². The molecule has 0 amide bonds. The van der Waals surface area contributed by atoms with Gasteiger partial charge in [0.1, 0.15) is 5.75 Å². The lowest BCUT2D eigenvalue weighted by Crippen LogP contribution is -2.27. The Morgan fingerprint density at radius 3 is 3.05 bits per heavy atom. The highest BCUT2D eigenvalue weighted by molar-refractivity contribution is 5.87. The van der Waals surface area contributed by atoms with Crippen LogP contribution in [-0.2, 0) is 0 Å². The van der Waals surface area contributed by atoms with Crippen LogP contribution in [0.15, 0.2) is 24.3 Å². The summed E-state index contributed by atoms with van der Waals surface area (Å²) in [5.74, 6) is 0.573. The molecule has 4 nitrogen and oxygen atoms in total. The molecule has 1 aliphatic rings. The van der Waals surface area contributed by atoms with Crippen molar-refractivity contribution in [2.45, 2.75) is 32.6 Å². The molecular formula is C17H25NO3. The lowest BCUT2D eigenvalue weighted by atomic mass is 10.0. The van der Waals surface area contributed by atoms with Crippen molar-refractivity contribution >= 4 is 5.97 Å². The van der Waals surface area contributed by atoms with Crippen LogP contribution in [0, 0.1) is 5.92 Å². The van der Waals surface area contributed by atoms with E-state index < -0.39 is 5.97 Å². The maximum Gasteiger partial charge on any atom is 0.335 e. The number of nitrogens with zero attached hydrogens (tertiary/aromatic N) is 1. The van der Waals surface area contributed by atoms with E-state index >= 15 is 0 Å². The van der Waals surface area contributed by atoms with E-state index in [0.29, 0.717) is 12.4 Å². The van der Waals surface area contributed by atoms with Crippen molar-refractivity contribution in [3.8, 4) is 5.75 Å². The average molecular weight is 291 g/mol. The van der Waals surface area contributed by atoms with E-state index in [1.165, 1.54) is 32.4 Å². The van der Waals surface area contributed by atoms with Crippen molar-refractivity contribution in [3.63, 3.8) is 0 Å². The maximum atomic E-state index is 10.9. The minimum Gasteiger partial charge on any atom is -0.494 e. The van der Waals surface area contributed by atoms with E-state index in [1.54, 1.807) is 24.3 Å². The molecule has 1 N–H and O–H groups in total. The lowest BCUT2D eigenvalue weighted by Gasteiger charge is -2.19. The normalized spacial score (nSPS) is 20.0.